The van der Waals surface area contributed by atoms with Crippen molar-refractivity contribution in [2.24, 2.45) is 5.41 Å². The highest BCUT2D eigenvalue weighted by molar-refractivity contribution is 6.03. The number of hydrogen-bond donors (Lipinski definition) is 2. The van der Waals surface area contributed by atoms with Crippen molar-refractivity contribution in [2.45, 2.75) is 51.7 Å². The highest BCUT2D eigenvalue weighted by Gasteiger charge is 2.27. The SMILES string of the molecule is CC1(C)CC=C(c2cc(C3=CC4C=CC(C3)O4)ccc2NC(=O)c2nc(C#N)c[nH]2)CC1. The number of fused-ring (bicyclic) bond motifs is 2. The number of allylic oxidation sites excluding steroid dienone is 2. The molecule has 0 fully saturated rings. The van der Waals surface area contributed by atoms with Gasteiger partial charge >= 0.3 is 0 Å². The van der Waals surface area contributed by atoms with Crippen LogP contribution in [0, 0.1) is 16.7 Å². The lowest BCUT2D eigenvalue weighted by molar-refractivity contribution is 0.0829. The number of carbonyl (C=O) groups is 1. The van der Waals surface area contributed by atoms with E-state index in [4.69, 9.17) is 10.00 Å². The van der Waals surface area contributed by atoms with Crippen LogP contribution < -0.4 is 5.32 Å². The predicted octanol–water partition coefficient (Wildman–Crippen LogP) is 5.24. The number of aromatic amines is 1. The summed E-state index contributed by atoms with van der Waals surface area (Å²) >= 11 is 0. The minimum atomic E-state index is -0.357. The second-order valence-electron chi connectivity index (χ2n) is 9.48. The summed E-state index contributed by atoms with van der Waals surface area (Å²) < 4.78 is 5.87. The fraction of sp³-hybridized carbons (Fsp3) is 0.346. The molecule has 6 nitrogen and oxygen atoms in total. The minimum Gasteiger partial charge on any atom is -0.362 e. The van der Waals surface area contributed by atoms with Gasteiger partial charge in [0.15, 0.2) is 11.5 Å². The number of imidazole rings is 1. The Labute approximate surface area is 187 Å². The summed E-state index contributed by atoms with van der Waals surface area (Å²) in [4.78, 5) is 19.6. The molecule has 2 atom stereocenters. The number of amides is 1. The van der Waals surface area contributed by atoms with Crippen LogP contribution in [-0.2, 0) is 4.74 Å². The van der Waals surface area contributed by atoms with Crippen LogP contribution >= 0.6 is 0 Å². The van der Waals surface area contributed by atoms with Crippen LogP contribution in [0.5, 0.6) is 0 Å². The molecule has 1 aliphatic carbocycles. The van der Waals surface area contributed by atoms with Gasteiger partial charge in [0.25, 0.3) is 5.91 Å². The van der Waals surface area contributed by atoms with Crippen molar-refractivity contribution in [1.82, 2.24) is 9.97 Å². The number of rotatable bonds is 4. The number of benzene rings is 1. The number of anilines is 1. The lowest BCUT2D eigenvalue weighted by atomic mass is 9.76. The lowest BCUT2D eigenvalue weighted by Gasteiger charge is -2.30. The maximum absolute atomic E-state index is 12.8. The van der Waals surface area contributed by atoms with E-state index in [9.17, 15) is 4.79 Å². The molecule has 162 valence electrons. The van der Waals surface area contributed by atoms with Crippen LogP contribution in [0.2, 0.25) is 0 Å². The molecular formula is C26H26N4O2. The van der Waals surface area contributed by atoms with Crippen molar-refractivity contribution in [1.29, 1.82) is 5.26 Å². The predicted molar refractivity (Wildman–Crippen MR) is 124 cm³/mol. The Morgan fingerprint density at radius 3 is 2.91 bits per heavy atom. The first-order chi connectivity index (χ1) is 15.4. The van der Waals surface area contributed by atoms with Crippen LogP contribution in [0.15, 0.2) is 48.7 Å². The maximum atomic E-state index is 12.8. The van der Waals surface area contributed by atoms with E-state index in [0.29, 0.717) is 5.41 Å². The summed E-state index contributed by atoms with van der Waals surface area (Å²) in [5, 5.41) is 12.0. The average Bonchev–Trinajstić information content (AvgIpc) is 3.40. The lowest BCUT2D eigenvalue weighted by Crippen LogP contribution is -2.18. The van der Waals surface area contributed by atoms with E-state index in [1.54, 1.807) is 0 Å². The summed E-state index contributed by atoms with van der Waals surface area (Å²) in [6.45, 7) is 4.58. The molecule has 2 aliphatic heterocycles. The van der Waals surface area contributed by atoms with Gasteiger partial charge in [-0.1, -0.05) is 38.1 Å². The third kappa shape index (κ3) is 4.04. The summed E-state index contributed by atoms with van der Waals surface area (Å²) in [7, 11) is 0. The van der Waals surface area contributed by atoms with Crippen molar-refractivity contribution < 1.29 is 9.53 Å². The summed E-state index contributed by atoms with van der Waals surface area (Å²) in [6.07, 6.45) is 14.3. The molecule has 2 N–H and O–H groups in total. The highest BCUT2D eigenvalue weighted by atomic mass is 16.5. The minimum absolute atomic E-state index is 0.0505. The number of hydrogen-bond acceptors (Lipinski definition) is 4. The molecule has 3 aliphatic rings. The smallest absolute Gasteiger partial charge is 0.291 e. The van der Waals surface area contributed by atoms with E-state index < -0.39 is 0 Å². The number of nitrogens with one attached hydrogen (secondary N) is 2. The van der Waals surface area contributed by atoms with E-state index in [1.807, 2.05) is 12.1 Å². The largest absolute Gasteiger partial charge is 0.362 e. The molecule has 0 saturated heterocycles. The zero-order valence-corrected chi connectivity index (χ0v) is 18.3. The van der Waals surface area contributed by atoms with Gasteiger partial charge in [0.05, 0.1) is 12.2 Å². The molecule has 2 aromatic rings. The van der Waals surface area contributed by atoms with E-state index >= 15 is 0 Å². The van der Waals surface area contributed by atoms with E-state index in [0.717, 1.165) is 42.5 Å². The Morgan fingerprint density at radius 1 is 1.31 bits per heavy atom. The van der Waals surface area contributed by atoms with Crippen molar-refractivity contribution in [3.8, 4) is 6.07 Å². The number of nitrogens with zero attached hydrogens (tertiary/aromatic N) is 2. The van der Waals surface area contributed by atoms with Crippen molar-refractivity contribution >= 4 is 22.7 Å². The van der Waals surface area contributed by atoms with Gasteiger partial charge in [-0.25, -0.2) is 4.98 Å². The molecule has 0 radical (unpaired) electrons. The van der Waals surface area contributed by atoms with Crippen molar-refractivity contribution in [3.63, 3.8) is 0 Å². The Kier molecular flexibility index (Phi) is 5.07. The van der Waals surface area contributed by atoms with E-state index in [1.165, 1.54) is 17.3 Å². The quantitative estimate of drug-likeness (QED) is 0.654. The van der Waals surface area contributed by atoms with Gasteiger partial charge in [0.1, 0.15) is 6.07 Å². The summed E-state index contributed by atoms with van der Waals surface area (Å²) in [5.41, 5.74) is 5.98. The van der Waals surface area contributed by atoms with Gasteiger partial charge in [-0.3, -0.25) is 4.79 Å². The molecular weight excluding hydrogens is 400 g/mol. The normalized spacial score (nSPS) is 23.3. The monoisotopic (exact) mass is 426 g/mol. The maximum Gasteiger partial charge on any atom is 0.291 e. The Hall–Kier alpha value is -3.43. The Bertz CT molecular complexity index is 1210. The summed E-state index contributed by atoms with van der Waals surface area (Å²) in [6, 6.07) is 8.17. The number of H-pyrrole nitrogens is 1. The van der Waals surface area contributed by atoms with Gasteiger partial charge in [-0.05, 0) is 59.6 Å². The molecule has 0 spiro atoms. The first-order valence-electron chi connectivity index (χ1n) is 11.1. The number of aromatic nitrogens is 2. The molecule has 32 heavy (non-hydrogen) atoms. The van der Waals surface area contributed by atoms with Gasteiger partial charge < -0.3 is 15.0 Å². The van der Waals surface area contributed by atoms with Crippen molar-refractivity contribution in [2.75, 3.05) is 5.32 Å². The average molecular weight is 427 g/mol. The van der Waals surface area contributed by atoms with E-state index in [2.05, 4.69) is 65.6 Å². The van der Waals surface area contributed by atoms with Crippen LogP contribution in [0.25, 0.3) is 11.1 Å². The fourth-order valence-electron chi connectivity index (χ4n) is 4.55. The van der Waals surface area contributed by atoms with Crippen LogP contribution in [0.3, 0.4) is 0 Å². The molecule has 5 rings (SSSR count). The second-order valence-corrected chi connectivity index (χ2v) is 9.48. The zero-order chi connectivity index (χ0) is 22.3. The van der Waals surface area contributed by atoms with Crippen LogP contribution in [-0.4, -0.2) is 28.1 Å². The Balaban J connectivity index is 1.49. The highest BCUT2D eigenvalue weighted by Crippen LogP contribution is 2.41. The number of nitriles is 1. The molecule has 2 bridgehead atoms. The number of ether oxygens (including phenoxy) is 1. The van der Waals surface area contributed by atoms with Gasteiger partial charge in [-0.15, -0.1) is 0 Å². The Morgan fingerprint density at radius 2 is 2.19 bits per heavy atom. The second kappa shape index (κ2) is 7.92. The van der Waals surface area contributed by atoms with Crippen molar-refractivity contribution in [3.05, 3.63) is 71.3 Å². The molecule has 2 unspecified atom stereocenters. The summed E-state index contributed by atoms with van der Waals surface area (Å²) in [5.74, 6) is -0.227. The van der Waals surface area contributed by atoms with Gasteiger partial charge in [0, 0.05) is 23.9 Å². The van der Waals surface area contributed by atoms with Crippen LogP contribution in [0.1, 0.15) is 67.0 Å². The number of carbonyl (C=O) groups excluding carboxylic acids is 1. The molecule has 1 amide bonds. The van der Waals surface area contributed by atoms with Gasteiger partial charge in [0.2, 0.25) is 0 Å². The zero-order valence-electron chi connectivity index (χ0n) is 18.3. The van der Waals surface area contributed by atoms with Crippen LogP contribution in [0.4, 0.5) is 5.69 Å². The van der Waals surface area contributed by atoms with E-state index in [-0.39, 0.29) is 29.6 Å². The first kappa shape index (κ1) is 20.5. The third-order valence-corrected chi connectivity index (χ3v) is 6.50. The third-order valence-electron chi connectivity index (χ3n) is 6.50. The molecule has 1 aromatic carbocycles. The first-order valence-corrected chi connectivity index (χ1v) is 11.1. The molecule has 0 saturated carbocycles. The van der Waals surface area contributed by atoms with Gasteiger partial charge in [-0.2, -0.15) is 5.26 Å². The standard InChI is InChI=1S/C26H26N4O2/c1-26(2)9-7-16(8-10-26)22-13-17(18-11-20-4-5-21(12-18)32-20)3-6-23(22)30-25(31)24-28-15-19(14-27)29-24/h3-7,11,13,15,20-21H,8-10,12H2,1-2H3,(H,28,29)(H,30,31). The molecule has 3 heterocycles. The molecule has 6 heteroatoms. The molecule has 1 aromatic heterocycles. The topological polar surface area (TPSA) is 90.8 Å². The fourth-order valence-corrected chi connectivity index (χ4v) is 4.55.